The summed E-state index contributed by atoms with van der Waals surface area (Å²) in [6, 6.07) is 7.05. The van der Waals surface area contributed by atoms with Gasteiger partial charge in [0.15, 0.2) is 0 Å². The van der Waals surface area contributed by atoms with Gasteiger partial charge in [-0.3, -0.25) is 9.59 Å². The zero-order chi connectivity index (χ0) is 14.5. The van der Waals surface area contributed by atoms with E-state index in [0.29, 0.717) is 13.1 Å². The molecule has 0 aliphatic heterocycles. The van der Waals surface area contributed by atoms with Gasteiger partial charge < -0.3 is 15.0 Å². The van der Waals surface area contributed by atoms with Crippen molar-refractivity contribution in [3.8, 4) is 0 Å². The van der Waals surface area contributed by atoms with Crippen LogP contribution in [0.15, 0.2) is 35.3 Å². The number of carbonyl (C=O) groups is 1. The number of hydrogen-bond donors (Lipinski definition) is 2. The number of nitrogens with zero attached hydrogens (tertiary/aromatic N) is 1. The van der Waals surface area contributed by atoms with Crippen LogP contribution in [0.5, 0.6) is 0 Å². The molecular formula is C14H16N2O3S. The van der Waals surface area contributed by atoms with Crippen molar-refractivity contribution in [3.05, 3.63) is 50.6 Å². The van der Waals surface area contributed by atoms with E-state index in [0.717, 1.165) is 15.4 Å². The molecule has 0 unspecified atom stereocenters. The molecule has 0 atom stereocenters. The van der Waals surface area contributed by atoms with Crippen LogP contribution < -0.4 is 10.9 Å². The number of nitrogens with one attached hydrogen (secondary N) is 1. The Balaban J connectivity index is 1.99. The monoisotopic (exact) mass is 292 g/mol. The Morgan fingerprint density at radius 2 is 2.05 bits per heavy atom. The van der Waals surface area contributed by atoms with Gasteiger partial charge in [0, 0.05) is 35.1 Å². The number of carboxylic acid groups (broad SMARTS) is 1. The second-order valence-electron chi connectivity index (χ2n) is 4.33. The van der Waals surface area contributed by atoms with Gasteiger partial charge >= 0.3 is 5.97 Å². The van der Waals surface area contributed by atoms with Gasteiger partial charge in [0.2, 0.25) is 0 Å². The molecule has 2 N–H and O–H groups in total. The number of aryl methyl sites for hydroxylation is 1. The van der Waals surface area contributed by atoms with Crippen LogP contribution in [-0.2, 0) is 24.3 Å². The molecule has 2 heterocycles. The van der Waals surface area contributed by atoms with E-state index in [2.05, 4.69) is 5.32 Å². The Kier molecular flexibility index (Phi) is 4.57. The summed E-state index contributed by atoms with van der Waals surface area (Å²) >= 11 is 1.48. The Hall–Kier alpha value is -2.08. The predicted molar refractivity (Wildman–Crippen MR) is 79.4 cm³/mol. The molecule has 106 valence electrons. The van der Waals surface area contributed by atoms with Crippen LogP contribution in [0.3, 0.4) is 0 Å². The van der Waals surface area contributed by atoms with E-state index in [4.69, 9.17) is 5.11 Å². The number of aromatic nitrogens is 1. The molecule has 0 aliphatic rings. The second-order valence-corrected chi connectivity index (χ2v) is 5.59. The molecule has 6 heteroatoms. The number of carboxylic acids is 1. The number of aliphatic carboxylic acids is 1. The largest absolute Gasteiger partial charge is 0.481 e. The van der Waals surface area contributed by atoms with E-state index >= 15 is 0 Å². The van der Waals surface area contributed by atoms with Gasteiger partial charge in [-0.05, 0) is 25.1 Å². The van der Waals surface area contributed by atoms with E-state index in [1.165, 1.54) is 17.4 Å². The molecule has 0 aromatic carbocycles. The summed E-state index contributed by atoms with van der Waals surface area (Å²) in [6.45, 7) is 3.17. The molecule has 0 saturated heterocycles. The first-order valence-corrected chi connectivity index (χ1v) is 7.14. The molecule has 0 saturated carbocycles. The van der Waals surface area contributed by atoms with Gasteiger partial charge in [0.05, 0.1) is 12.1 Å². The summed E-state index contributed by atoms with van der Waals surface area (Å²) in [5, 5.41) is 12.0. The normalized spacial score (nSPS) is 10.4. The fourth-order valence-corrected chi connectivity index (χ4v) is 2.78. The van der Waals surface area contributed by atoms with Crippen molar-refractivity contribution in [2.45, 2.75) is 26.4 Å². The van der Waals surface area contributed by atoms with Gasteiger partial charge in [-0.25, -0.2) is 0 Å². The van der Waals surface area contributed by atoms with E-state index in [9.17, 15) is 9.59 Å². The standard InChI is InChI=1S/C14H16N2O3S/c1-2-16-9-10(3-6-13(16)17)15-8-12-5-4-11(20-12)7-14(18)19/h3-6,9,15H,2,7-8H2,1H3,(H,18,19). The summed E-state index contributed by atoms with van der Waals surface area (Å²) in [5.74, 6) is -0.818. The van der Waals surface area contributed by atoms with E-state index in [-0.39, 0.29) is 12.0 Å². The van der Waals surface area contributed by atoms with E-state index in [1.54, 1.807) is 16.8 Å². The van der Waals surface area contributed by atoms with Crippen LogP contribution in [0.1, 0.15) is 16.7 Å². The lowest BCUT2D eigenvalue weighted by atomic mass is 10.3. The highest BCUT2D eigenvalue weighted by molar-refractivity contribution is 7.12. The van der Waals surface area contributed by atoms with Crippen LogP contribution in [-0.4, -0.2) is 15.6 Å². The molecule has 0 amide bonds. The van der Waals surface area contributed by atoms with Gasteiger partial charge in [-0.2, -0.15) is 0 Å². The molecule has 2 rings (SSSR count). The molecule has 0 radical (unpaired) electrons. The number of hydrogen-bond acceptors (Lipinski definition) is 4. The van der Waals surface area contributed by atoms with Crippen molar-refractivity contribution in [1.29, 1.82) is 0 Å². The van der Waals surface area contributed by atoms with Crippen LogP contribution in [0.4, 0.5) is 5.69 Å². The molecule has 2 aromatic heterocycles. The smallest absolute Gasteiger partial charge is 0.308 e. The average Bonchev–Trinajstić information content (AvgIpc) is 2.84. The van der Waals surface area contributed by atoms with Gasteiger partial charge in [-0.1, -0.05) is 0 Å². The lowest BCUT2D eigenvalue weighted by molar-refractivity contribution is -0.136. The SMILES string of the molecule is CCn1cc(NCc2ccc(CC(=O)O)s2)ccc1=O. The van der Waals surface area contributed by atoms with Crippen molar-refractivity contribution < 1.29 is 9.90 Å². The van der Waals surface area contributed by atoms with Crippen molar-refractivity contribution in [2.24, 2.45) is 0 Å². The van der Waals surface area contributed by atoms with Crippen molar-refractivity contribution in [3.63, 3.8) is 0 Å². The number of pyridine rings is 1. The lowest BCUT2D eigenvalue weighted by Gasteiger charge is -2.07. The summed E-state index contributed by atoms with van der Waals surface area (Å²) in [5.41, 5.74) is 0.859. The maximum absolute atomic E-state index is 11.5. The number of anilines is 1. The summed E-state index contributed by atoms with van der Waals surface area (Å²) in [7, 11) is 0. The zero-order valence-corrected chi connectivity index (χ0v) is 11.9. The fraction of sp³-hybridized carbons (Fsp3) is 0.286. The van der Waals surface area contributed by atoms with Crippen LogP contribution >= 0.6 is 11.3 Å². The Morgan fingerprint density at radius 1 is 1.30 bits per heavy atom. The van der Waals surface area contributed by atoms with Gasteiger partial charge in [0.25, 0.3) is 5.56 Å². The summed E-state index contributed by atoms with van der Waals surface area (Å²) in [6.07, 6.45) is 1.85. The van der Waals surface area contributed by atoms with Crippen molar-refractivity contribution >= 4 is 23.0 Å². The average molecular weight is 292 g/mol. The van der Waals surface area contributed by atoms with E-state index < -0.39 is 5.97 Å². The molecular weight excluding hydrogens is 276 g/mol. The predicted octanol–water partition coefficient (Wildman–Crippen LogP) is 2.17. The quantitative estimate of drug-likeness (QED) is 0.856. The minimum absolute atomic E-state index is 0.0158. The summed E-state index contributed by atoms with van der Waals surface area (Å²) < 4.78 is 1.63. The van der Waals surface area contributed by atoms with Crippen LogP contribution in [0.2, 0.25) is 0 Å². The molecule has 5 nitrogen and oxygen atoms in total. The van der Waals surface area contributed by atoms with Crippen molar-refractivity contribution in [1.82, 2.24) is 4.57 Å². The second kappa shape index (κ2) is 6.38. The summed E-state index contributed by atoms with van der Waals surface area (Å²) in [4.78, 5) is 24.0. The Morgan fingerprint density at radius 3 is 2.75 bits per heavy atom. The highest BCUT2D eigenvalue weighted by Gasteiger charge is 2.05. The third-order valence-electron chi connectivity index (χ3n) is 2.83. The first-order chi connectivity index (χ1) is 9.58. The molecule has 2 aromatic rings. The highest BCUT2D eigenvalue weighted by atomic mass is 32.1. The topological polar surface area (TPSA) is 71.3 Å². The third kappa shape index (κ3) is 3.71. The zero-order valence-electron chi connectivity index (χ0n) is 11.1. The van der Waals surface area contributed by atoms with Crippen LogP contribution in [0, 0.1) is 0 Å². The third-order valence-corrected chi connectivity index (χ3v) is 3.92. The number of rotatable bonds is 6. The van der Waals surface area contributed by atoms with E-state index in [1.807, 2.05) is 19.1 Å². The van der Waals surface area contributed by atoms with Gasteiger partial charge in [-0.15, -0.1) is 11.3 Å². The molecule has 0 bridgehead atoms. The van der Waals surface area contributed by atoms with Gasteiger partial charge in [0.1, 0.15) is 0 Å². The van der Waals surface area contributed by atoms with Crippen LogP contribution in [0.25, 0.3) is 0 Å². The minimum atomic E-state index is -0.818. The fourth-order valence-electron chi connectivity index (χ4n) is 1.83. The Bertz CT molecular complexity index is 660. The molecule has 0 spiro atoms. The molecule has 0 aliphatic carbocycles. The van der Waals surface area contributed by atoms with Crippen molar-refractivity contribution in [2.75, 3.05) is 5.32 Å². The molecule has 0 fully saturated rings. The molecule has 20 heavy (non-hydrogen) atoms. The lowest BCUT2D eigenvalue weighted by Crippen LogP contribution is -2.17. The Labute approximate surface area is 120 Å². The first kappa shape index (κ1) is 14.3. The number of thiophene rings is 1. The highest BCUT2D eigenvalue weighted by Crippen LogP contribution is 2.18. The maximum Gasteiger partial charge on any atom is 0.308 e. The minimum Gasteiger partial charge on any atom is -0.481 e. The first-order valence-electron chi connectivity index (χ1n) is 6.32. The maximum atomic E-state index is 11.5.